The van der Waals surface area contributed by atoms with Crippen LogP contribution in [0.3, 0.4) is 0 Å². The SMILES string of the molecule is Nc1ccc([N+](=O)[O-])c(Nc2ccc(C(F)(F)F)cc2)n1. The summed E-state index contributed by atoms with van der Waals surface area (Å²) in [5.41, 5.74) is 4.52. The van der Waals surface area contributed by atoms with E-state index in [1.54, 1.807) is 0 Å². The van der Waals surface area contributed by atoms with Crippen LogP contribution >= 0.6 is 0 Å². The number of hydrogen-bond acceptors (Lipinski definition) is 5. The van der Waals surface area contributed by atoms with E-state index in [0.29, 0.717) is 0 Å². The highest BCUT2D eigenvalue weighted by atomic mass is 19.4. The molecule has 3 N–H and O–H groups in total. The van der Waals surface area contributed by atoms with E-state index in [0.717, 1.165) is 30.3 Å². The van der Waals surface area contributed by atoms with E-state index in [4.69, 9.17) is 5.73 Å². The molecule has 0 spiro atoms. The lowest BCUT2D eigenvalue weighted by Gasteiger charge is -2.09. The van der Waals surface area contributed by atoms with Gasteiger partial charge in [-0.15, -0.1) is 0 Å². The van der Waals surface area contributed by atoms with Gasteiger partial charge in [-0.05, 0) is 30.3 Å². The number of aromatic nitrogens is 1. The number of nitro groups is 1. The van der Waals surface area contributed by atoms with Gasteiger partial charge in [0.1, 0.15) is 5.82 Å². The van der Waals surface area contributed by atoms with Gasteiger partial charge in [-0.2, -0.15) is 13.2 Å². The summed E-state index contributed by atoms with van der Waals surface area (Å²) in [6.45, 7) is 0. The minimum Gasteiger partial charge on any atom is -0.384 e. The first kappa shape index (κ1) is 14.6. The number of anilines is 3. The van der Waals surface area contributed by atoms with Crippen LogP contribution in [-0.2, 0) is 6.18 Å². The van der Waals surface area contributed by atoms with Gasteiger partial charge in [-0.3, -0.25) is 10.1 Å². The fourth-order valence-corrected chi connectivity index (χ4v) is 1.59. The van der Waals surface area contributed by atoms with Crippen molar-refractivity contribution in [2.75, 3.05) is 11.1 Å². The lowest BCUT2D eigenvalue weighted by Crippen LogP contribution is -2.05. The van der Waals surface area contributed by atoms with Crippen molar-refractivity contribution in [2.24, 2.45) is 0 Å². The molecule has 0 fully saturated rings. The number of nitrogens with zero attached hydrogens (tertiary/aromatic N) is 2. The number of hydrogen-bond donors (Lipinski definition) is 2. The molecule has 1 aromatic carbocycles. The van der Waals surface area contributed by atoms with Gasteiger partial charge in [0.15, 0.2) is 0 Å². The zero-order chi connectivity index (χ0) is 15.6. The number of nitrogens with two attached hydrogens (primary N) is 1. The number of rotatable bonds is 3. The van der Waals surface area contributed by atoms with Gasteiger partial charge in [0.25, 0.3) is 0 Å². The monoisotopic (exact) mass is 298 g/mol. The number of nitrogens with one attached hydrogen (secondary N) is 1. The molecule has 0 saturated carbocycles. The Balaban J connectivity index is 2.30. The first-order valence-electron chi connectivity index (χ1n) is 5.62. The quantitative estimate of drug-likeness (QED) is 0.669. The zero-order valence-electron chi connectivity index (χ0n) is 10.4. The molecule has 0 amide bonds. The normalized spacial score (nSPS) is 11.2. The molecule has 1 aromatic heterocycles. The average Bonchev–Trinajstić information content (AvgIpc) is 2.38. The van der Waals surface area contributed by atoms with Crippen molar-refractivity contribution in [2.45, 2.75) is 6.18 Å². The number of nitrogen functional groups attached to an aromatic ring is 1. The Morgan fingerprint density at radius 2 is 1.76 bits per heavy atom. The van der Waals surface area contributed by atoms with Gasteiger partial charge < -0.3 is 11.1 Å². The Morgan fingerprint density at radius 3 is 2.29 bits per heavy atom. The van der Waals surface area contributed by atoms with E-state index in [9.17, 15) is 23.3 Å². The highest BCUT2D eigenvalue weighted by Gasteiger charge is 2.30. The number of alkyl halides is 3. The van der Waals surface area contributed by atoms with Crippen LogP contribution in [0.1, 0.15) is 5.56 Å². The summed E-state index contributed by atoms with van der Waals surface area (Å²) >= 11 is 0. The van der Waals surface area contributed by atoms with Gasteiger partial charge in [-0.25, -0.2) is 4.98 Å². The predicted octanol–water partition coefficient (Wildman–Crippen LogP) is 3.33. The van der Waals surface area contributed by atoms with Crippen LogP contribution in [0.2, 0.25) is 0 Å². The van der Waals surface area contributed by atoms with Crippen LogP contribution in [0.4, 0.5) is 36.2 Å². The third-order valence-corrected chi connectivity index (χ3v) is 2.57. The van der Waals surface area contributed by atoms with Crippen molar-refractivity contribution in [1.29, 1.82) is 0 Å². The van der Waals surface area contributed by atoms with Gasteiger partial charge in [0.2, 0.25) is 5.82 Å². The molecule has 2 aromatic rings. The van der Waals surface area contributed by atoms with Crippen molar-refractivity contribution in [3.8, 4) is 0 Å². The Hall–Kier alpha value is -2.84. The largest absolute Gasteiger partial charge is 0.416 e. The molecule has 2 rings (SSSR count). The van der Waals surface area contributed by atoms with Crippen LogP contribution < -0.4 is 11.1 Å². The van der Waals surface area contributed by atoms with Gasteiger partial charge in [0, 0.05) is 11.8 Å². The number of pyridine rings is 1. The molecule has 0 aliphatic rings. The topological polar surface area (TPSA) is 94.1 Å². The molecule has 6 nitrogen and oxygen atoms in total. The molecule has 0 saturated heterocycles. The summed E-state index contributed by atoms with van der Waals surface area (Å²) < 4.78 is 37.3. The second kappa shape index (κ2) is 5.27. The average molecular weight is 298 g/mol. The summed E-state index contributed by atoms with van der Waals surface area (Å²) in [7, 11) is 0. The maximum atomic E-state index is 12.4. The lowest BCUT2D eigenvalue weighted by atomic mass is 10.2. The minimum atomic E-state index is -4.44. The minimum absolute atomic E-state index is 0.0509. The molecule has 0 atom stereocenters. The Labute approximate surface area is 116 Å². The summed E-state index contributed by atoms with van der Waals surface area (Å²) in [6.07, 6.45) is -4.44. The third-order valence-electron chi connectivity index (χ3n) is 2.57. The van der Waals surface area contributed by atoms with Gasteiger partial charge in [-0.1, -0.05) is 0 Å². The van der Waals surface area contributed by atoms with Crippen molar-refractivity contribution < 1.29 is 18.1 Å². The molecule has 21 heavy (non-hydrogen) atoms. The molecule has 0 radical (unpaired) electrons. The van der Waals surface area contributed by atoms with Crippen LogP contribution in [0.25, 0.3) is 0 Å². The third kappa shape index (κ3) is 3.38. The van der Waals surface area contributed by atoms with Crippen molar-refractivity contribution in [1.82, 2.24) is 4.98 Å². The first-order chi connectivity index (χ1) is 9.77. The van der Waals surface area contributed by atoms with Crippen LogP contribution in [0, 0.1) is 10.1 Å². The molecule has 0 aliphatic carbocycles. The molecular formula is C12H9F3N4O2. The van der Waals surface area contributed by atoms with E-state index in [1.807, 2.05) is 0 Å². The van der Waals surface area contributed by atoms with Crippen molar-refractivity contribution in [3.63, 3.8) is 0 Å². The van der Waals surface area contributed by atoms with E-state index >= 15 is 0 Å². The van der Waals surface area contributed by atoms with Crippen molar-refractivity contribution >= 4 is 23.0 Å². The number of benzene rings is 1. The van der Waals surface area contributed by atoms with E-state index < -0.39 is 16.7 Å². The maximum Gasteiger partial charge on any atom is 0.416 e. The maximum absolute atomic E-state index is 12.4. The zero-order valence-corrected chi connectivity index (χ0v) is 10.4. The highest BCUT2D eigenvalue weighted by Crippen LogP contribution is 2.31. The Kier molecular flexibility index (Phi) is 3.66. The van der Waals surface area contributed by atoms with Crippen LogP contribution in [0.15, 0.2) is 36.4 Å². The smallest absolute Gasteiger partial charge is 0.384 e. The second-order valence-corrected chi connectivity index (χ2v) is 4.06. The molecule has 0 unspecified atom stereocenters. The molecule has 110 valence electrons. The standard InChI is InChI=1S/C12H9F3N4O2/c13-12(14,15)7-1-3-8(4-2-7)17-11-9(19(20)21)5-6-10(16)18-11/h1-6H,(H3,16,17,18). The second-order valence-electron chi connectivity index (χ2n) is 4.06. The van der Waals surface area contributed by atoms with E-state index in [-0.39, 0.29) is 23.0 Å². The summed E-state index contributed by atoms with van der Waals surface area (Å²) in [4.78, 5) is 13.9. The molecule has 0 bridgehead atoms. The van der Waals surface area contributed by atoms with E-state index in [2.05, 4.69) is 10.3 Å². The predicted molar refractivity (Wildman–Crippen MR) is 70.0 cm³/mol. The van der Waals surface area contributed by atoms with E-state index in [1.165, 1.54) is 6.07 Å². The lowest BCUT2D eigenvalue weighted by molar-refractivity contribution is -0.384. The van der Waals surface area contributed by atoms with Gasteiger partial charge in [0.05, 0.1) is 10.5 Å². The number of halogens is 3. The Bertz CT molecular complexity index is 671. The highest BCUT2D eigenvalue weighted by molar-refractivity contribution is 5.67. The van der Waals surface area contributed by atoms with Crippen LogP contribution in [0.5, 0.6) is 0 Å². The first-order valence-corrected chi connectivity index (χ1v) is 5.62. The van der Waals surface area contributed by atoms with Gasteiger partial charge >= 0.3 is 11.9 Å². The summed E-state index contributed by atoms with van der Waals surface area (Å²) in [6, 6.07) is 6.45. The molecule has 9 heteroatoms. The Morgan fingerprint density at radius 1 is 1.14 bits per heavy atom. The fourth-order valence-electron chi connectivity index (χ4n) is 1.59. The van der Waals surface area contributed by atoms with Crippen LogP contribution in [-0.4, -0.2) is 9.91 Å². The molecule has 0 aliphatic heterocycles. The fraction of sp³-hybridized carbons (Fsp3) is 0.0833. The molecular weight excluding hydrogens is 289 g/mol. The molecule has 1 heterocycles. The van der Waals surface area contributed by atoms with Crippen molar-refractivity contribution in [3.05, 3.63) is 52.1 Å². The summed E-state index contributed by atoms with van der Waals surface area (Å²) in [5.74, 6) is -0.0882. The summed E-state index contributed by atoms with van der Waals surface area (Å²) in [5, 5.41) is 13.4.